The molecule has 0 spiro atoms. The molecule has 1 atom stereocenters. The van der Waals surface area contributed by atoms with Crippen LogP contribution in [-0.2, 0) is 15.4 Å². The first-order chi connectivity index (χ1) is 9.60. The number of hydrogen-bond donors (Lipinski definition) is 1. The van der Waals surface area contributed by atoms with Crippen molar-refractivity contribution in [2.24, 2.45) is 0 Å². The largest absolute Gasteiger partial charge is 0.314 e. The van der Waals surface area contributed by atoms with Gasteiger partial charge in [0.05, 0.1) is 16.7 Å². The summed E-state index contributed by atoms with van der Waals surface area (Å²) in [4.78, 5) is 2.45. The van der Waals surface area contributed by atoms with Crippen LogP contribution in [0.2, 0.25) is 0 Å². The minimum Gasteiger partial charge on any atom is -0.314 e. The molecule has 3 rings (SSSR count). The summed E-state index contributed by atoms with van der Waals surface area (Å²) in [7, 11) is -3.26. The minimum absolute atomic E-state index is 0.0432. The molecule has 1 aromatic rings. The van der Waals surface area contributed by atoms with Gasteiger partial charge in [0.25, 0.3) is 0 Å². The zero-order valence-electron chi connectivity index (χ0n) is 11.2. The van der Waals surface area contributed by atoms with E-state index in [1.165, 1.54) is 0 Å². The number of benzene rings is 1. The first-order valence-electron chi connectivity index (χ1n) is 6.79. The summed E-state index contributed by atoms with van der Waals surface area (Å²) in [5, 5.41) is 13.1. The molecule has 0 amide bonds. The minimum atomic E-state index is -3.26. The van der Waals surface area contributed by atoms with Crippen LogP contribution >= 0.6 is 0 Å². The topological polar surface area (TPSA) is 73.2 Å². The molecule has 2 heterocycles. The summed E-state index contributed by atoms with van der Waals surface area (Å²) in [6, 6.07) is 9.36. The van der Waals surface area contributed by atoms with Crippen molar-refractivity contribution in [3.63, 3.8) is 0 Å². The lowest BCUT2D eigenvalue weighted by molar-refractivity contribution is 0.110. The molecule has 0 aliphatic carbocycles. The molecule has 106 valence electrons. The molecule has 1 saturated heterocycles. The number of rotatable bonds is 1. The van der Waals surface area contributed by atoms with Gasteiger partial charge in [-0.25, -0.2) is 8.42 Å². The van der Waals surface area contributed by atoms with Crippen LogP contribution in [-0.4, -0.2) is 45.2 Å². The Kier molecular flexibility index (Phi) is 3.28. The van der Waals surface area contributed by atoms with Crippen LogP contribution in [0.3, 0.4) is 0 Å². The summed E-state index contributed by atoms with van der Waals surface area (Å²) in [6.07, 6.45) is 0.350. The molecular weight excluding hydrogens is 274 g/mol. The third-order valence-electron chi connectivity index (χ3n) is 4.24. The standard InChI is InChI=1S/C14H17N3O2S/c15-11-14(17-8-6-16-7-9-17)5-10-20(18,19)13-4-2-1-3-12(13)14/h1-4,16H,5-10H2. The zero-order valence-corrected chi connectivity index (χ0v) is 12.0. The van der Waals surface area contributed by atoms with Gasteiger partial charge >= 0.3 is 0 Å². The molecule has 2 aliphatic rings. The van der Waals surface area contributed by atoms with Crippen LogP contribution in [0.4, 0.5) is 0 Å². The molecule has 1 N–H and O–H groups in total. The predicted octanol–water partition coefficient (Wildman–Crippen LogP) is 0.488. The van der Waals surface area contributed by atoms with Gasteiger partial charge in [0.1, 0.15) is 5.54 Å². The lowest BCUT2D eigenvalue weighted by Crippen LogP contribution is -2.56. The third kappa shape index (κ3) is 1.94. The van der Waals surface area contributed by atoms with Crippen molar-refractivity contribution >= 4 is 9.84 Å². The Balaban J connectivity index is 2.16. The molecule has 0 bridgehead atoms. The van der Waals surface area contributed by atoms with Gasteiger partial charge in [-0.1, -0.05) is 18.2 Å². The fourth-order valence-electron chi connectivity index (χ4n) is 3.17. The van der Waals surface area contributed by atoms with E-state index >= 15 is 0 Å². The quantitative estimate of drug-likeness (QED) is 0.815. The first kappa shape index (κ1) is 13.6. The number of nitriles is 1. The van der Waals surface area contributed by atoms with Crippen LogP contribution < -0.4 is 5.32 Å². The van der Waals surface area contributed by atoms with E-state index < -0.39 is 15.4 Å². The van der Waals surface area contributed by atoms with Crippen LogP contribution in [0.5, 0.6) is 0 Å². The Morgan fingerprint density at radius 3 is 2.65 bits per heavy atom. The fraction of sp³-hybridized carbons (Fsp3) is 0.500. The van der Waals surface area contributed by atoms with Crippen molar-refractivity contribution in [2.45, 2.75) is 16.9 Å². The zero-order chi connectivity index (χ0) is 14.2. The van der Waals surface area contributed by atoms with Crippen molar-refractivity contribution in [1.29, 1.82) is 5.26 Å². The number of piperazine rings is 1. The van der Waals surface area contributed by atoms with Gasteiger partial charge in [0.2, 0.25) is 0 Å². The van der Waals surface area contributed by atoms with E-state index in [4.69, 9.17) is 0 Å². The summed E-state index contributed by atoms with van der Waals surface area (Å²) in [5.41, 5.74) is -0.153. The van der Waals surface area contributed by atoms with Crippen LogP contribution in [0.15, 0.2) is 29.2 Å². The summed E-state index contributed by atoms with van der Waals surface area (Å²) >= 11 is 0. The summed E-state index contributed by atoms with van der Waals surface area (Å²) in [6.45, 7) is 3.20. The number of sulfone groups is 1. The number of nitrogens with zero attached hydrogens (tertiary/aromatic N) is 2. The molecule has 20 heavy (non-hydrogen) atoms. The molecule has 5 nitrogen and oxygen atoms in total. The lowest BCUT2D eigenvalue weighted by Gasteiger charge is -2.44. The van der Waals surface area contributed by atoms with E-state index in [0.29, 0.717) is 16.9 Å². The maximum Gasteiger partial charge on any atom is 0.178 e. The predicted molar refractivity (Wildman–Crippen MR) is 74.8 cm³/mol. The fourth-order valence-corrected chi connectivity index (χ4v) is 4.81. The second-order valence-electron chi connectivity index (χ2n) is 5.27. The van der Waals surface area contributed by atoms with Gasteiger partial charge in [0, 0.05) is 31.7 Å². The highest BCUT2D eigenvalue weighted by Gasteiger charge is 2.46. The van der Waals surface area contributed by atoms with E-state index in [2.05, 4.69) is 16.3 Å². The Bertz CT molecular complexity index is 659. The number of nitrogens with one attached hydrogen (secondary N) is 1. The molecule has 0 radical (unpaired) electrons. The summed E-state index contributed by atoms with van der Waals surface area (Å²) in [5.74, 6) is 0.0432. The van der Waals surface area contributed by atoms with Crippen molar-refractivity contribution in [3.8, 4) is 6.07 Å². The molecule has 1 aromatic carbocycles. The normalized spacial score (nSPS) is 29.4. The van der Waals surface area contributed by atoms with E-state index in [1.807, 2.05) is 6.07 Å². The van der Waals surface area contributed by atoms with Crippen molar-refractivity contribution in [3.05, 3.63) is 29.8 Å². The van der Waals surface area contributed by atoms with E-state index in [0.717, 1.165) is 26.2 Å². The first-order valence-corrected chi connectivity index (χ1v) is 8.45. The van der Waals surface area contributed by atoms with E-state index in [-0.39, 0.29) is 5.75 Å². The Labute approximate surface area is 119 Å². The van der Waals surface area contributed by atoms with Crippen molar-refractivity contribution in [1.82, 2.24) is 10.2 Å². The Morgan fingerprint density at radius 2 is 1.95 bits per heavy atom. The molecule has 6 heteroatoms. The maximum atomic E-state index is 12.2. The lowest BCUT2D eigenvalue weighted by atomic mass is 9.85. The smallest absolute Gasteiger partial charge is 0.178 e. The van der Waals surface area contributed by atoms with Gasteiger partial charge in [-0.3, -0.25) is 4.90 Å². The molecule has 2 aliphatic heterocycles. The van der Waals surface area contributed by atoms with Gasteiger partial charge in [-0.2, -0.15) is 5.26 Å². The highest BCUT2D eigenvalue weighted by Crippen LogP contribution is 2.40. The van der Waals surface area contributed by atoms with Crippen LogP contribution in [0.25, 0.3) is 0 Å². The van der Waals surface area contributed by atoms with Crippen LogP contribution in [0, 0.1) is 11.3 Å². The van der Waals surface area contributed by atoms with Crippen LogP contribution in [0.1, 0.15) is 12.0 Å². The maximum absolute atomic E-state index is 12.2. The molecule has 0 aromatic heterocycles. The second kappa shape index (κ2) is 4.85. The van der Waals surface area contributed by atoms with Crippen molar-refractivity contribution in [2.75, 3.05) is 31.9 Å². The number of hydrogen-bond acceptors (Lipinski definition) is 5. The SMILES string of the molecule is N#CC1(N2CCNCC2)CCS(=O)(=O)c2ccccc21. The monoisotopic (exact) mass is 291 g/mol. The van der Waals surface area contributed by atoms with Gasteiger partial charge in [-0.15, -0.1) is 0 Å². The van der Waals surface area contributed by atoms with Crippen molar-refractivity contribution < 1.29 is 8.42 Å². The Morgan fingerprint density at radius 1 is 1.25 bits per heavy atom. The molecular formula is C14H17N3O2S. The van der Waals surface area contributed by atoms with Gasteiger partial charge in [0.15, 0.2) is 9.84 Å². The summed E-state index contributed by atoms with van der Waals surface area (Å²) < 4.78 is 24.4. The molecule has 1 unspecified atom stereocenters. The second-order valence-corrected chi connectivity index (χ2v) is 7.35. The highest BCUT2D eigenvalue weighted by molar-refractivity contribution is 7.91. The van der Waals surface area contributed by atoms with Gasteiger partial charge in [-0.05, 0) is 12.5 Å². The highest BCUT2D eigenvalue weighted by atomic mass is 32.2. The molecule has 1 fully saturated rings. The van der Waals surface area contributed by atoms with Gasteiger partial charge < -0.3 is 5.32 Å². The molecule has 0 saturated carbocycles. The average Bonchev–Trinajstić information content (AvgIpc) is 2.49. The number of fused-ring (bicyclic) bond motifs is 1. The Hall–Kier alpha value is -1.42. The van der Waals surface area contributed by atoms with E-state index in [1.54, 1.807) is 18.2 Å². The average molecular weight is 291 g/mol. The third-order valence-corrected chi connectivity index (χ3v) is 6.01. The van der Waals surface area contributed by atoms with E-state index in [9.17, 15) is 13.7 Å².